The molecule has 0 fully saturated rings. The molecule has 3 atom stereocenters. The van der Waals surface area contributed by atoms with Crippen LogP contribution in [0.4, 0.5) is 11.4 Å². The van der Waals surface area contributed by atoms with E-state index in [4.69, 9.17) is 4.52 Å². The summed E-state index contributed by atoms with van der Waals surface area (Å²) in [7, 11) is -1.10. The quantitative estimate of drug-likeness (QED) is 0.171. The Labute approximate surface area is 269 Å². The third kappa shape index (κ3) is 5.43. The Kier molecular flexibility index (Phi) is 7.72. The van der Waals surface area contributed by atoms with Gasteiger partial charge in [-0.25, -0.2) is 0 Å². The number of anilines is 2. The molecule has 2 nitrogen and oxygen atoms in total. The van der Waals surface area contributed by atoms with Gasteiger partial charge >= 0.3 is 0 Å². The van der Waals surface area contributed by atoms with Gasteiger partial charge in [0, 0.05) is 33.7 Å². The van der Waals surface area contributed by atoms with Crippen LogP contribution in [0.2, 0.25) is 0 Å². The van der Waals surface area contributed by atoms with Crippen molar-refractivity contribution in [1.82, 2.24) is 0 Å². The number of hydrogen-bond acceptors (Lipinski definition) is 2. The van der Waals surface area contributed by atoms with Crippen molar-refractivity contribution in [3.63, 3.8) is 0 Å². The minimum atomic E-state index is -1.10. The molecule has 224 valence electrons. The van der Waals surface area contributed by atoms with E-state index in [9.17, 15) is 0 Å². The number of hydrogen-bond donors (Lipinski definition) is 0. The van der Waals surface area contributed by atoms with Gasteiger partial charge in [0.25, 0.3) is 0 Å². The molecule has 0 saturated carbocycles. The fourth-order valence-corrected chi connectivity index (χ4v) is 9.07. The number of allylic oxidation sites excluding steroid dienone is 4. The van der Waals surface area contributed by atoms with Crippen LogP contribution >= 0.6 is 8.30 Å². The molecule has 0 amide bonds. The van der Waals surface area contributed by atoms with E-state index < -0.39 is 8.30 Å². The lowest BCUT2D eigenvalue weighted by atomic mass is 9.78. The normalized spacial score (nSPS) is 18.9. The van der Waals surface area contributed by atoms with Gasteiger partial charge in [-0.05, 0) is 52.6 Å². The summed E-state index contributed by atoms with van der Waals surface area (Å²) in [5, 5.41) is 0. The van der Waals surface area contributed by atoms with Crippen molar-refractivity contribution in [2.24, 2.45) is 0 Å². The topological polar surface area (TPSA) is 12.5 Å². The Morgan fingerprint density at radius 2 is 0.956 bits per heavy atom. The second kappa shape index (κ2) is 11.8. The second-order valence-electron chi connectivity index (χ2n) is 13.1. The standard InChI is InChI=1S/C42H40NOP/c1-41(2,31-15-7-5-8-16-31)33-23-27-35(28-24-33)43(36-29-25-34(26-30-36)42(3,4)32-17-9-6-10-18-32)45-40-22-14-12-20-38(40)37-19-11-13-21-39(37)44-45/h5-30,38,40H,1-4H3. The molecule has 3 unspecified atom stereocenters. The van der Waals surface area contributed by atoms with Crippen molar-refractivity contribution in [1.29, 1.82) is 0 Å². The minimum Gasteiger partial charge on any atom is -0.452 e. The van der Waals surface area contributed by atoms with Crippen molar-refractivity contribution >= 4 is 19.7 Å². The molecule has 1 aliphatic carbocycles. The van der Waals surface area contributed by atoms with Gasteiger partial charge in [0.05, 0.1) is 5.66 Å². The van der Waals surface area contributed by atoms with Crippen LogP contribution in [0.3, 0.4) is 0 Å². The maximum Gasteiger partial charge on any atom is 0.204 e. The first-order valence-electron chi connectivity index (χ1n) is 15.9. The van der Waals surface area contributed by atoms with E-state index in [1.54, 1.807) is 0 Å². The van der Waals surface area contributed by atoms with Crippen LogP contribution in [0.1, 0.15) is 61.4 Å². The number of fused-ring (bicyclic) bond motifs is 3. The van der Waals surface area contributed by atoms with Gasteiger partial charge in [-0.1, -0.05) is 155 Å². The van der Waals surface area contributed by atoms with Crippen LogP contribution in [-0.4, -0.2) is 5.66 Å². The molecule has 0 radical (unpaired) electrons. The minimum absolute atomic E-state index is 0.108. The molecule has 5 aromatic rings. The average Bonchev–Trinajstić information content (AvgIpc) is 3.10. The zero-order valence-electron chi connectivity index (χ0n) is 26.5. The Hall–Kier alpha value is -4.39. The van der Waals surface area contributed by atoms with Crippen molar-refractivity contribution in [3.8, 4) is 5.75 Å². The fraction of sp³-hybridized carbons (Fsp3) is 0.190. The smallest absolute Gasteiger partial charge is 0.204 e. The Morgan fingerprint density at radius 1 is 0.511 bits per heavy atom. The predicted molar refractivity (Wildman–Crippen MR) is 191 cm³/mol. The second-order valence-corrected chi connectivity index (χ2v) is 14.9. The summed E-state index contributed by atoms with van der Waals surface area (Å²) < 4.78 is 9.47. The monoisotopic (exact) mass is 605 g/mol. The summed E-state index contributed by atoms with van der Waals surface area (Å²) in [6, 6.07) is 48.4. The third-order valence-corrected chi connectivity index (χ3v) is 11.9. The summed E-state index contributed by atoms with van der Waals surface area (Å²) in [6.07, 6.45) is 9.06. The summed E-state index contributed by atoms with van der Waals surface area (Å²) >= 11 is 0. The molecule has 5 aromatic carbocycles. The summed E-state index contributed by atoms with van der Waals surface area (Å²) in [4.78, 5) is 0. The first-order valence-corrected chi connectivity index (χ1v) is 17.2. The van der Waals surface area contributed by atoms with E-state index in [1.807, 2.05) is 0 Å². The van der Waals surface area contributed by atoms with Crippen molar-refractivity contribution < 1.29 is 4.52 Å². The Balaban J connectivity index is 1.31. The van der Waals surface area contributed by atoms with Crippen molar-refractivity contribution in [2.75, 3.05) is 4.67 Å². The molecule has 45 heavy (non-hydrogen) atoms. The van der Waals surface area contributed by atoms with Crippen LogP contribution in [0, 0.1) is 0 Å². The molecular formula is C42H40NOP. The van der Waals surface area contributed by atoms with E-state index >= 15 is 0 Å². The molecule has 1 heterocycles. The Morgan fingerprint density at radius 3 is 1.49 bits per heavy atom. The highest BCUT2D eigenvalue weighted by molar-refractivity contribution is 7.56. The first-order chi connectivity index (χ1) is 21.8. The summed E-state index contributed by atoms with van der Waals surface area (Å²) in [5.41, 5.74) is 8.76. The molecule has 7 rings (SSSR count). The van der Waals surface area contributed by atoms with Crippen molar-refractivity contribution in [2.45, 2.75) is 50.1 Å². The SMILES string of the molecule is CC(C)(c1ccccc1)c1ccc(N(c2ccc(C(C)(C)c3ccccc3)cc2)P2Oc3ccccc3C3C=CC=CC32)cc1. The number of benzene rings is 5. The van der Waals surface area contributed by atoms with E-state index in [2.05, 4.69) is 190 Å². The van der Waals surface area contributed by atoms with Crippen LogP contribution in [-0.2, 0) is 10.8 Å². The number of rotatable bonds is 7. The molecule has 2 aliphatic rings. The highest BCUT2D eigenvalue weighted by Crippen LogP contribution is 2.62. The highest BCUT2D eigenvalue weighted by Gasteiger charge is 2.41. The van der Waals surface area contributed by atoms with Crippen LogP contribution in [0.5, 0.6) is 5.75 Å². The predicted octanol–water partition coefficient (Wildman–Crippen LogP) is 11.5. The molecule has 3 heteroatoms. The van der Waals surface area contributed by atoms with Crippen LogP contribution in [0.25, 0.3) is 0 Å². The zero-order valence-corrected chi connectivity index (χ0v) is 27.4. The number of nitrogens with zero attached hydrogens (tertiary/aromatic N) is 1. The molecule has 0 N–H and O–H groups in total. The largest absolute Gasteiger partial charge is 0.452 e. The van der Waals surface area contributed by atoms with Crippen LogP contribution < -0.4 is 9.19 Å². The Bertz CT molecular complexity index is 1730. The summed E-state index contributed by atoms with van der Waals surface area (Å²) in [5.74, 6) is 1.26. The lowest BCUT2D eigenvalue weighted by Crippen LogP contribution is -2.30. The molecular weight excluding hydrogens is 565 g/mol. The first kappa shape index (κ1) is 29.3. The van der Waals surface area contributed by atoms with Crippen LogP contribution in [0.15, 0.2) is 158 Å². The molecule has 0 bridgehead atoms. The molecule has 0 spiro atoms. The van der Waals surface area contributed by atoms with Gasteiger partial charge in [-0.15, -0.1) is 0 Å². The van der Waals surface area contributed by atoms with E-state index in [-0.39, 0.29) is 22.4 Å². The summed E-state index contributed by atoms with van der Waals surface area (Å²) in [6.45, 7) is 9.21. The van der Waals surface area contributed by atoms with Gasteiger partial charge < -0.3 is 4.52 Å². The lowest BCUT2D eigenvalue weighted by molar-refractivity contribution is 0.556. The van der Waals surface area contributed by atoms with E-state index in [0.717, 1.165) is 17.1 Å². The molecule has 0 aromatic heterocycles. The maximum atomic E-state index is 7.01. The van der Waals surface area contributed by atoms with Gasteiger partial charge in [0.15, 0.2) is 0 Å². The van der Waals surface area contributed by atoms with Gasteiger partial charge in [-0.2, -0.15) is 0 Å². The van der Waals surface area contributed by atoms with Crippen molar-refractivity contribution in [3.05, 3.63) is 186 Å². The van der Waals surface area contributed by atoms with Gasteiger partial charge in [0.1, 0.15) is 5.75 Å². The van der Waals surface area contributed by atoms with Gasteiger partial charge in [0.2, 0.25) is 8.30 Å². The average molecular weight is 606 g/mol. The molecule has 1 aliphatic heterocycles. The number of para-hydroxylation sites is 1. The van der Waals surface area contributed by atoms with Gasteiger partial charge in [-0.3, -0.25) is 4.67 Å². The maximum absolute atomic E-state index is 7.01. The van der Waals surface area contributed by atoms with E-state index in [0.29, 0.717) is 0 Å². The van der Waals surface area contributed by atoms with E-state index in [1.165, 1.54) is 27.8 Å². The molecule has 0 saturated heterocycles. The lowest BCUT2D eigenvalue weighted by Gasteiger charge is -2.43. The zero-order chi connectivity index (χ0) is 31.0. The third-order valence-electron chi connectivity index (χ3n) is 9.69. The highest BCUT2D eigenvalue weighted by atomic mass is 31.2. The fourth-order valence-electron chi connectivity index (χ4n) is 6.73.